The van der Waals surface area contributed by atoms with Crippen molar-refractivity contribution in [3.05, 3.63) is 41.5 Å². The van der Waals surface area contributed by atoms with Gasteiger partial charge in [-0.2, -0.15) is 4.98 Å². The number of hydrogen-bond donors (Lipinski definition) is 1. The number of nitrogens with zero attached hydrogens (tertiary/aromatic N) is 2. The molecule has 0 saturated carbocycles. The quantitative estimate of drug-likeness (QED) is 0.905. The van der Waals surface area contributed by atoms with E-state index in [0.29, 0.717) is 17.8 Å². The van der Waals surface area contributed by atoms with Gasteiger partial charge in [0.05, 0.1) is 0 Å². The van der Waals surface area contributed by atoms with Gasteiger partial charge in [-0.05, 0) is 32.0 Å². The molecule has 2 aromatic rings. The Kier molecular flexibility index (Phi) is 3.69. The van der Waals surface area contributed by atoms with E-state index in [1.807, 2.05) is 25.2 Å². The molecule has 1 aliphatic rings. The molecule has 2 atom stereocenters. The summed E-state index contributed by atoms with van der Waals surface area (Å²) in [5.41, 5.74) is 1.20. The first kappa shape index (κ1) is 13.1. The fraction of sp³-hybridized carbons (Fsp3) is 0.467. The first-order chi connectivity index (χ1) is 9.76. The Hall–Kier alpha value is -1.88. The van der Waals surface area contributed by atoms with Gasteiger partial charge in [-0.3, -0.25) is 0 Å². The summed E-state index contributed by atoms with van der Waals surface area (Å²) in [6, 6.07) is 8.49. The molecule has 0 bridgehead atoms. The fourth-order valence-electron chi connectivity index (χ4n) is 2.31. The smallest absolute Gasteiger partial charge is 0.226 e. The van der Waals surface area contributed by atoms with Gasteiger partial charge in [0, 0.05) is 18.9 Å². The molecule has 0 aliphatic carbocycles. The van der Waals surface area contributed by atoms with Gasteiger partial charge in [0.1, 0.15) is 5.75 Å². The van der Waals surface area contributed by atoms with Crippen molar-refractivity contribution < 1.29 is 9.26 Å². The lowest BCUT2D eigenvalue weighted by Gasteiger charge is -2.06. The van der Waals surface area contributed by atoms with Crippen LogP contribution in [0.3, 0.4) is 0 Å². The van der Waals surface area contributed by atoms with Crippen LogP contribution < -0.4 is 10.1 Å². The molecule has 0 spiro atoms. The third-order valence-electron chi connectivity index (χ3n) is 3.70. The maximum Gasteiger partial charge on any atom is 0.226 e. The summed E-state index contributed by atoms with van der Waals surface area (Å²) < 4.78 is 11.2. The maximum atomic E-state index is 5.86. The molecular weight excluding hydrogens is 254 g/mol. The minimum atomic E-state index is -0.119. The predicted molar refractivity (Wildman–Crippen MR) is 74.7 cm³/mol. The van der Waals surface area contributed by atoms with Gasteiger partial charge in [-0.25, -0.2) is 0 Å². The number of nitrogens with one attached hydrogen (secondary N) is 1. The van der Waals surface area contributed by atoms with E-state index >= 15 is 0 Å². The molecule has 2 heterocycles. The Morgan fingerprint density at radius 2 is 2.25 bits per heavy atom. The van der Waals surface area contributed by atoms with Crippen LogP contribution in [0.15, 0.2) is 28.8 Å². The second kappa shape index (κ2) is 5.63. The Labute approximate surface area is 118 Å². The summed E-state index contributed by atoms with van der Waals surface area (Å²) in [6.07, 6.45) is 2.45. The van der Waals surface area contributed by atoms with Crippen molar-refractivity contribution in [2.75, 3.05) is 7.05 Å². The van der Waals surface area contributed by atoms with Gasteiger partial charge < -0.3 is 14.6 Å². The standard InChI is InChI=1S/C15H19N3O2/c1-10(16-2)7-8-14-17-15(18-20-14)13-9-11-5-3-4-6-12(11)19-13/h3-6,10,13,16H,7-9H2,1-2H3. The minimum Gasteiger partial charge on any atom is -0.482 e. The zero-order chi connectivity index (χ0) is 13.9. The fourth-order valence-corrected chi connectivity index (χ4v) is 2.31. The van der Waals surface area contributed by atoms with Gasteiger partial charge in [-0.1, -0.05) is 23.4 Å². The summed E-state index contributed by atoms with van der Waals surface area (Å²) in [6.45, 7) is 2.13. The molecule has 1 aromatic carbocycles. The van der Waals surface area contributed by atoms with Crippen molar-refractivity contribution in [2.45, 2.75) is 38.3 Å². The summed E-state index contributed by atoms with van der Waals surface area (Å²) in [4.78, 5) is 4.45. The number of hydrogen-bond acceptors (Lipinski definition) is 5. The van der Waals surface area contributed by atoms with Crippen molar-refractivity contribution in [3.63, 3.8) is 0 Å². The largest absolute Gasteiger partial charge is 0.482 e. The monoisotopic (exact) mass is 273 g/mol. The average Bonchev–Trinajstić information content (AvgIpc) is 3.10. The molecule has 1 aromatic heterocycles. The molecular formula is C15H19N3O2. The number of fused-ring (bicyclic) bond motifs is 1. The van der Waals surface area contributed by atoms with Gasteiger partial charge >= 0.3 is 0 Å². The van der Waals surface area contributed by atoms with E-state index in [1.165, 1.54) is 5.56 Å². The molecule has 106 valence electrons. The van der Waals surface area contributed by atoms with Crippen molar-refractivity contribution >= 4 is 0 Å². The lowest BCUT2D eigenvalue weighted by atomic mass is 10.1. The average molecular weight is 273 g/mol. The molecule has 3 rings (SSSR count). The summed E-state index contributed by atoms with van der Waals surface area (Å²) in [7, 11) is 1.95. The van der Waals surface area contributed by atoms with Crippen molar-refractivity contribution in [1.82, 2.24) is 15.5 Å². The number of ether oxygens (including phenoxy) is 1. The number of benzene rings is 1. The van der Waals surface area contributed by atoms with E-state index in [4.69, 9.17) is 9.26 Å². The van der Waals surface area contributed by atoms with Crippen LogP contribution in [0.5, 0.6) is 5.75 Å². The second-order valence-electron chi connectivity index (χ2n) is 5.19. The van der Waals surface area contributed by atoms with Crippen LogP contribution in [0.4, 0.5) is 0 Å². The van der Waals surface area contributed by atoms with Crippen LogP contribution in [0.25, 0.3) is 0 Å². The normalized spacial score (nSPS) is 18.6. The molecule has 0 saturated heterocycles. The topological polar surface area (TPSA) is 60.2 Å². The summed E-state index contributed by atoms with van der Waals surface area (Å²) in [5.74, 6) is 2.25. The van der Waals surface area contributed by atoms with Gasteiger partial charge in [0.2, 0.25) is 11.7 Å². The SMILES string of the molecule is CNC(C)CCc1nc(C2Cc3ccccc3O2)no1. The van der Waals surface area contributed by atoms with Crippen LogP contribution in [-0.2, 0) is 12.8 Å². The highest BCUT2D eigenvalue weighted by molar-refractivity contribution is 5.37. The van der Waals surface area contributed by atoms with Crippen LogP contribution >= 0.6 is 0 Å². The van der Waals surface area contributed by atoms with E-state index in [0.717, 1.165) is 25.0 Å². The molecule has 0 fully saturated rings. The van der Waals surface area contributed by atoms with Gasteiger partial charge in [0.15, 0.2) is 6.10 Å². The molecule has 20 heavy (non-hydrogen) atoms. The second-order valence-corrected chi connectivity index (χ2v) is 5.19. The van der Waals surface area contributed by atoms with Crippen molar-refractivity contribution in [3.8, 4) is 5.75 Å². The molecule has 0 radical (unpaired) electrons. The Balaban J connectivity index is 1.64. The zero-order valence-corrected chi connectivity index (χ0v) is 11.8. The molecule has 5 nitrogen and oxygen atoms in total. The summed E-state index contributed by atoms with van der Waals surface area (Å²) >= 11 is 0. The Bertz CT molecular complexity index is 557. The Morgan fingerprint density at radius 1 is 1.40 bits per heavy atom. The number of aryl methyl sites for hydroxylation is 1. The molecule has 1 N–H and O–H groups in total. The molecule has 5 heteroatoms. The highest BCUT2D eigenvalue weighted by Gasteiger charge is 2.28. The van der Waals surface area contributed by atoms with Crippen molar-refractivity contribution in [1.29, 1.82) is 0 Å². The molecule has 2 unspecified atom stereocenters. The van der Waals surface area contributed by atoms with Crippen LogP contribution in [-0.4, -0.2) is 23.2 Å². The number of rotatable bonds is 5. The minimum absolute atomic E-state index is 0.119. The zero-order valence-electron chi connectivity index (χ0n) is 11.8. The van der Waals surface area contributed by atoms with E-state index in [-0.39, 0.29) is 6.10 Å². The number of aromatic nitrogens is 2. The predicted octanol–water partition coefficient (Wildman–Crippen LogP) is 2.29. The van der Waals surface area contributed by atoms with E-state index in [1.54, 1.807) is 0 Å². The Morgan fingerprint density at radius 3 is 3.05 bits per heavy atom. The highest BCUT2D eigenvalue weighted by Crippen LogP contribution is 2.35. The van der Waals surface area contributed by atoms with Crippen LogP contribution in [0.1, 0.15) is 36.7 Å². The lowest BCUT2D eigenvalue weighted by molar-refractivity contribution is 0.221. The van der Waals surface area contributed by atoms with Crippen LogP contribution in [0.2, 0.25) is 0 Å². The molecule has 0 amide bonds. The third kappa shape index (κ3) is 2.67. The number of para-hydroxylation sites is 1. The van der Waals surface area contributed by atoms with E-state index in [2.05, 4.69) is 28.4 Å². The third-order valence-corrected chi connectivity index (χ3v) is 3.70. The first-order valence-electron chi connectivity index (χ1n) is 7.00. The van der Waals surface area contributed by atoms with Crippen molar-refractivity contribution in [2.24, 2.45) is 0 Å². The lowest BCUT2D eigenvalue weighted by Crippen LogP contribution is -2.21. The van der Waals surface area contributed by atoms with Crippen LogP contribution in [0, 0.1) is 0 Å². The van der Waals surface area contributed by atoms with E-state index < -0.39 is 0 Å². The summed E-state index contributed by atoms with van der Waals surface area (Å²) in [5, 5.41) is 7.25. The van der Waals surface area contributed by atoms with E-state index in [9.17, 15) is 0 Å². The first-order valence-corrected chi connectivity index (χ1v) is 7.00. The van der Waals surface area contributed by atoms with Gasteiger partial charge in [0.25, 0.3) is 0 Å². The highest BCUT2D eigenvalue weighted by atomic mass is 16.5. The molecule has 1 aliphatic heterocycles. The maximum absolute atomic E-state index is 5.86. The van der Waals surface area contributed by atoms with Gasteiger partial charge in [-0.15, -0.1) is 0 Å².